The molecule has 1 aliphatic rings. The number of pyridine rings is 1. The molecule has 1 amide bonds. The normalized spacial score (nSPS) is 17.8. The first-order valence-electron chi connectivity index (χ1n) is 6.66. The predicted molar refractivity (Wildman–Crippen MR) is 77.4 cm³/mol. The number of aromatic nitrogens is 1. The van der Waals surface area contributed by atoms with E-state index in [0.29, 0.717) is 0 Å². The van der Waals surface area contributed by atoms with Crippen LogP contribution < -0.4 is 15.5 Å². The molecule has 2 heterocycles. The first kappa shape index (κ1) is 13.8. The fraction of sp³-hybridized carbons (Fsp3) is 0.571. The van der Waals surface area contributed by atoms with Crippen LogP contribution in [0, 0.1) is 5.41 Å². The van der Waals surface area contributed by atoms with E-state index in [1.165, 1.54) is 0 Å². The van der Waals surface area contributed by atoms with Gasteiger partial charge in [-0.25, -0.2) is 0 Å². The van der Waals surface area contributed by atoms with Crippen LogP contribution in [0.3, 0.4) is 0 Å². The average molecular weight is 262 g/mol. The molecule has 2 rings (SSSR count). The fourth-order valence-corrected chi connectivity index (χ4v) is 2.35. The van der Waals surface area contributed by atoms with Gasteiger partial charge in [-0.15, -0.1) is 0 Å². The molecule has 0 aliphatic carbocycles. The molecule has 2 N–H and O–H groups in total. The second-order valence-corrected chi connectivity index (χ2v) is 5.55. The maximum absolute atomic E-state index is 12.5. The summed E-state index contributed by atoms with van der Waals surface area (Å²) in [7, 11) is 3.91. The number of piperidine rings is 1. The van der Waals surface area contributed by atoms with E-state index in [9.17, 15) is 4.79 Å². The first-order chi connectivity index (χ1) is 9.03. The monoisotopic (exact) mass is 262 g/mol. The number of anilines is 2. The third-order valence-electron chi connectivity index (χ3n) is 3.78. The highest BCUT2D eigenvalue weighted by atomic mass is 16.2. The summed E-state index contributed by atoms with van der Waals surface area (Å²) < 4.78 is 0. The highest BCUT2D eigenvalue weighted by Crippen LogP contribution is 2.31. The van der Waals surface area contributed by atoms with Crippen LogP contribution in [0.25, 0.3) is 0 Å². The summed E-state index contributed by atoms with van der Waals surface area (Å²) in [4.78, 5) is 18.5. The maximum atomic E-state index is 12.5. The van der Waals surface area contributed by atoms with Gasteiger partial charge in [-0.1, -0.05) is 6.92 Å². The molecule has 0 radical (unpaired) electrons. The number of nitrogens with zero attached hydrogens (tertiary/aromatic N) is 2. The van der Waals surface area contributed by atoms with E-state index in [0.717, 1.165) is 37.3 Å². The lowest BCUT2D eigenvalue weighted by Gasteiger charge is -2.33. The van der Waals surface area contributed by atoms with Crippen molar-refractivity contribution in [3.63, 3.8) is 0 Å². The van der Waals surface area contributed by atoms with Gasteiger partial charge in [0, 0.05) is 25.7 Å². The molecule has 0 bridgehead atoms. The van der Waals surface area contributed by atoms with Crippen molar-refractivity contribution in [1.29, 1.82) is 0 Å². The molecule has 1 fully saturated rings. The van der Waals surface area contributed by atoms with Crippen molar-refractivity contribution >= 4 is 17.3 Å². The summed E-state index contributed by atoms with van der Waals surface area (Å²) in [6.45, 7) is 3.84. The molecular formula is C14H22N4O. The summed E-state index contributed by atoms with van der Waals surface area (Å²) in [6, 6.07) is 1.90. The van der Waals surface area contributed by atoms with Gasteiger partial charge >= 0.3 is 0 Å². The van der Waals surface area contributed by atoms with Crippen molar-refractivity contribution in [1.82, 2.24) is 10.3 Å². The molecule has 5 heteroatoms. The molecule has 104 valence electrons. The molecular weight excluding hydrogens is 240 g/mol. The Labute approximate surface area is 114 Å². The molecule has 0 atom stereocenters. The van der Waals surface area contributed by atoms with Gasteiger partial charge in [-0.3, -0.25) is 9.78 Å². The molecule has 0 spiro atoms. The summed E-state index contributed by atoms with van der Waals surface area (Å²) in [5, 5.41) is 6.32. The molecule has 0 aromatic carbocycles. The fourth-order valence-electron chi connectivity index (χ4n) is 2.35. The summed E-state index contributed by atoms with van der Waals surface area (Å²) in [5.41, 5.74) is 1.46. The van der Waals surface area contributed by atoms with Crippen LogP contribution in [0.5, 0.6) is 0 Å². The number of amides is 1. The van der Waals surface area contributed by atoms with Crippen LogP contribution in [-0.2, 0) is 4.79 Å². The van der Waals surface area contributed by atoms with E-state index in [1.54, 1.807) is 12.4 Å². The average Bonchev–Trinajstić information content (AvgIpc) is 2.40. The number of hydrogen-bond donors (Lipinski definition) is 2. The van der Waals surface area contributed by atoms with Crippen LogP contribution in [-0.4, -0.2) is 38.1 Å². The van der Waals surface area contributed by atoms with Gasteiger partial charge < -0.3 is 15.5 Å². The third-order valence-corrected chi connectivity index (χ3v) is 3.78. The van der Waals surface area contributed by atoms with Gasteiger partial charge in [0.25, 0.3) is 0 Å². The van der Waals surface area contributed by atoms with E-state index in [1.807, 2.05) is 32.0 Å². The minimum atomic E-state index is -0.287. The highest BCUT2D eigenvalue weighted by Gasteiger charge is 2.34. The van der Waals surface area contributed by atoms with Crippen LogP contribution >= 0.6 is 0 Å². The van der Waals surface area contributed by atoms with Crippen LogP contribution in [0.15, 0.2) is 18.5 Å². The minimum Gasteiger partial charge on any atom is -0.376 e. The molecule has 1 aromatic rings. The van der Waals surface area contributed by atoms with Gasteiger partial charge in [-0.2, -0.15) is 0 Å². The quantitative estimate of drug-likeness (QED) is 0.866. The Bertz CT molecular complexity index is 453. The van der Waals surface area contributed by atoms with E-state index in [-0.39, 0.29) is 11.3 Å². The molecule has 1 saturated heterocycles. The second kappa shape index (κ2) is 5.57. The Hall–Kier alpha value is -1.62. The highest BCUT2D eigenvalue weighted by molar-refractivity contribution is 5.97. The van der Waals surface area contributed by atoms with Crippen LogP contribution in [0.1, 0.15) is 19.8 Å². The van der Waals surface area contributed by atoms with Crippen molar-refractivity contribution in [2.45, 2.75) is 19.8 Å². The lowest BCUT2D eigenvalue weighted by atomic mass is 9.80. The second-order valence-electron chi connectivity index (χ2n) is 5.55. The third kappa shape index (κ3) is 3.04. The van der Waals surface area contributed by atoms with Gasteiger partial charge in [0.2, 0.25) is 5.91 Å². The SMILES string of the molecule is CN(C)c1ccncc1NC(=O)C1(C)CCNCC1. The number of hydrogen-bond acceptors (Lipinski definition) is 4. The van der Waals surface area contributed by atoms with Crippen molar-refractivity contribution in [2.24, 2.45) is 5.41 Å². The first-order valence-corrected chi connectivity index (χ1v) is 6.66. The van der Waals surface area contributed by atoms with Crippen molar-refractivity contribution < 1.29 is 4.79 Å². The van der Waals surface area contributed by atoms with E-state index >= 15 is 0 Å². The molecule has 19 heavy (non-hydrogen) atoms. The smallest absolute Gasteiger partial charge is 0.230 e. The van der Waals surface area contributed by atoms with Gasteiger partial charge in [0.1, 0.15) is 0 Å². The van der Waals surface area contributed by atoms with Gasteiger partial charge in [-0.05, 0) is 32.0 Å². The number of rotatable bonds is 3. The summed E-state index contributed by atoms with van der Waals surface area (Å²) >= 11 is 0. The van der Waals surface area contributed by atoms with Crippen LogP contribution in [0.4, 0.5) is 11.4 Å². The lowest BCUT2D eigenvalue weighted by Crippen LogP contribution is -2.43. The molecule has 1 aliphatic heterocycles. The number of carbonyl (C=O) groups excluding carboxylic acids is 1. The number of carbonyl (C=O) groups is 1. The predicted octanol–water partition coefficient (Wildman–Crippen LogP) is 1.48. The minimum absolute atomic E-state index is 0.0881. The summed E-state index contributed by atoms with van der Waals surface area (Å²) in [5.74, 6) is 0.0881. The maximum Gasteiger partial charge on any atom is 0.230 e. The zero-order valence-corrected chi connectivity index (χ0v) is 11.9. The van der Waals surface area contributed by atoms with E-state index < -0.39 is 0 Å². The molecule has 0 saturated carbocycles. The Kier molecular flexibility index (Phi) is 4.04. The van der Waals surface area contributed by atoms with Crippen molar-refractivity contribution in [2.75, 3.05) is 37.4 Å². The zero-order valence-electron chi connectivity index (χ0n) is 11.9. The van der Waals surface area contributed by atoms with E-state index in [4.69, 9.17) is 0 Å². The Morgan fingerprint density at radius 1 is 1.42 bits per heavy atom. The zero-order chi connectivity index (χ0) is 13.9. The molecule has 5 nitrogen and oxygen atoms in total. The standard InChI is InChI=1S/C14H22N4O/c1-14(5-8-15-9-6-14)13(19)17-11-10-16-7-4-12(11)18(2)3/h4,7,10,15H,5-6,8-9H2,1-3H3,(H,17,19). The van der Waals surface area contributed by atoms with Gasteiger partial charge in [0.15, 0.2) is 0 Å². The van der Waals surface area contributed by atoms with Crippen molar-refractivity contribution in [3.05, 3.63) is 18.5 Å². The summed E-state index contributed by atoms with van der Waals surface area (Å²) in [6.07, 6.45) is 5.18. The largest absolute Gasteiger partial charge is 0.376 e. The Morgan fingerprint density at radius 2 is 2.11 bits per heavy atom. The van der Waals surface area contributed by atoms with Gasteiger partial charge in [0.05, 0.1) is 17.6 Å². The van der Waals surface area contributed by atoms with Crippen molar-refractivity contribution in [3.8, 4) is 0 Å². The topological polar surface area (TPSA) is 57.3 Å². The van der Waals surface area contributed by atoms with Crippen LogP contribution in [0.2, 0.25) is 0 Å². The number of nitrogens with one attached hydrogen (secondary N) is 2. The molecule has 1 aromatic heterocycles. The van der Waals surface area contributed by atoms with E-state index in [2.05, 4.69) is 15.6 Å². The Balaban J connectivity index is 2.14. The Morgan fingerprint density at radius 3 is 2.74 bits per heavy atom. The molecule has 0 unspecified atom stereocenters. The lowest BCUT2D eigenvalue weighted by molar-refractivity contribution is -0.126.